The molecule has 0 atom stereocenters. The van der Waals surface area contributed by atoms with Crippen LogP contribution in [0.1, 0.15) is 41.6 Å². The molecule has 1 aliphatic rings. The van der Waals surface area contributed by atoms with Gasteiger partial charge >= 0.3 is 5.97 Å². The number of amides is 1. The van der Waals surface area contributed by atoms with Crippen molar-refractivity contribution in [3.63, 3.8) is 0 Å². The Morgan fingerprint density at radius 1 is 1.10 bits per heavy atom. The van der Waals surface area contributed by atoms with Crippen LogP contribution in [0.15, 0.2) is 48.5 Å². The van der Waals surface area contributed by atoms with Crippen LogP contribution < -0.4 is 14.8 Å². The molecule has 3 rings (SSSR count). The lowest BCUT2D eigenvalue weighted by Crippen LogP contribution is -2.46. The Kier molecular flexibility index (Phi) is 6.91. The van der Waals surface area contributed by atoms with E-state index in [4.69, 9.17) is 14.2 Å². The molecule has 0 radical (unpaired) electrons. The molecular formula is C23H24N2O5. The fourth-order valence-corrected chi connectivity index (χ4v) is 3.41. The monoisotopic (exact) mass is 408 g/mol. The van der Waals surface area contributed by atoms with E-state index in [1.807, 2.05) is 30.3 Å². The molecule has 7 heteroatoms. The van der Waals surface area contributed by atoms with Crippen molar-refractivity contribution in [3.8, 4) is 17.6 Å². The van der Waals surface area contributed by atoms with Gasteiger partial charge in [0, 0.05) is 0 Å². The Morgan fingerprint density at radius 2 is 1.83 bits per heavy atom. The largest absolute Gasteiger partial charge is 0.493 e. The molecule has 1 amide bonds. The Hall–Kier alpha value is -3.53. The summed E-state index contributed by atoms with van der Waals surface area (Å²) >= 11 is 0. The first-order chi connectivity index (χ1) is 14.5. The van der Waals surface area contributed by atoms with Gasteiger partial charge < -0.3 is 19.5 Å². The van der Waals surface area contributed by atoms with Gasteiger partial charge in [0.1, 0.15) is 12.1 Å². The van der Waals surface area contributed by atoms with E-state index in [0.717, 1.165) is 18.4 Å². The van der Waals surface area contributed by atoms with E-state index in [1.54, 1.807) is 12.1 Å². The molecule has 1 fully saturated rings. The van der Waals surface area contributed by atoms with Gasteiger partial charge in [0.15, 0.2) is 18.1 Å². The highest BCUT2D eigenvalue weighted by Gasteiger charge is 2.35. The van der Waals surface area contributed by atoms with E-state index in [-0.39, 0.29) is 5.56 Å². The number of methoxy groups -OCH3 is 1. The molecule has 0 aromatic heterocycles. The molecule has 1 aliphatic carbocycles. The average Bonchev–Trinajstić information content (AvgIpc) is 3.25. The highest BCUT2D eigenvalue weighted by molar-refractivity contribution is 5.92. The fourth-order valence-electron chi connectivity index (χ4n) is 3.41. The second-order valence-electron chi connectivity index (χ2n) is 7.17. The number of rotatable bonds is 8. The van der Waals surface area contributed by atoms with Gasteiger partial charge in [-0.3, -0.25) is 4.79 Å². The van der Waals surface area contributed by atoms with Crippen LogP contribution >= 0.6 is 0 Å². The van der Waals surface area contributed by atoms with Crippen LogP contribution in [0, 0.1) is 11.3 Å². The second-order valence-corrected chi connectivity index (χ2v) is 7.17. The summed E-state index contributed by atoms with van der Waals surface area (Å²) in [5, 5.41) is 12.0. The number of nitrogens with one attached hydrogen (secondary N) is 1. The molecule has 0 bridgehead atoms. The van der Waals surface area contributed by atoms with Crippen LogP contribution in [0.5, 0.6) is 11.5 Å². The molecule has 0 saturated heterocycles. The normalized spacial score (nSPS) is 14.4. The number of benzene rings is 2. The highest BCUT2D eigenvalue weighted by atomic mass is 16.5. The fraction of sp³-hybridized carbons (Fsp3) is 0.348. The summed E-state index contributed by atoms with van der Waals surface area (Å²) in [5.41, 5.74) is 0.402. The topological polar surface area (TPSA) is 97.6 Å². The predicted octanol–water partition coefficient (Wildman–Crippen LogP) is 3.38. The first-order valence-electron chi connectivity index (χ1n) is 9.79. The van der Waals surface area contributed by atoms with Crippen LogP contribution in [-0.2, 0) is 16.1 Å². The summed E-state index contributed by atoms with van der Waals surface area (Å²) in [4.78, 5) is 24.4. The molecule has 2 aromatic rings. The summed E-state index contributed by atoms with van der Waals surface area (Å²) in [5.74, 6) is -0.260. The van der Waals surface area contributed by atoms with Gasteiger partial charge in [-0.15, -0.1) is 0 Å². The Labute approximate surface area is 175 Å². The lowest BCUT2D eigenvalue weighted by molar-refractivity contribution is -0.125. The number of esters is 1. The minimum Gasteiger partial charge on any atom is -0.493 e. The van der Waals surface area contributed by atoms with Gasteiger partial charge in [-0.05, 0) is 49.4 Å². The molecule has 0 unspecified atom stereocenters. The third-order valence-corrected chi connectivity index (χ3v) is 5.02. The number of hydrogen-bond donors (Lipinski definition) is 1. The van der Waals surface area contributed by atoms with Crippen LogP contribution in [-0.4, -0.2) is 31.1 Å². The SMILES string of the molecule is COc1cc(C(=O)OCC(=O)NC2(C#N)CCCC2)ccc1OCc1ccccc1. The number of ether oxygens (including phenoxy) is 3. The van der Waals surface area contributed by atoms with Crippen molar-refractivity contribution in [2.24, 2.45) is 0 Å². The number of nitriles is 1. The summed E-state index contributed by atoms with van der Waals surface area (Å²) in [6.07, 6.45) is 3.02. The van der Waals surface area contributed by atoms with Crippen LogP contribution in [0.4, 0.5) is 0 Å². The molecule has 0 heterocycles. The highest BCUT2D eigenvalue weighted by Crippen LogP contribution is 2.30. The lowest BCUT2D eigenvalue weighted by Gasteiger charge is -2.21. The molecule has 30 heavy (non-hydrogen) atoms. The number of carbonyl (C=O) groups excluding carboxylic acids is 2. The molecule has 156 valence electrons. The van der Waals surface area contributed by atoms with Gasteiger partial charge in [-0.2, -0.15) is 5.26 Å². The van der Waals surface area contributed by atoms with E-state index in [0.29, 0.717) is 30.9 Å². The number of carbonyl (C=O) groups is 2. The average molecular weight is 408 g/mol. The molecule has 0 spiro atoms. The van der Waals surface area contributed by atoms with Gasteiger partial charge in [-0.1, -0.05) is 30.3 Å². The molecule has 2 aromatic carbocycles. The standard InChI is InChI=1S/C23H24N2O5/c1-28-20-13-18(9-10-19(20)29-14-17-7-3-2-4-8-17)22(27)30-15-21(26)25-23(16-24)11-5-6-12-23/h2-4,7-10,13H,5-6,11-12,14-15H2,1H3,(H,25,26). The molecule has 1 saturated carbocycles. The van der Waals surface area contributed by atoms with Crippen LogP contribution in [0.25, 0.3) is 0 Å². The summed E-state index contributed by atoms with van der Waals surface area (Å²) in [6.45, 7) is -0.0847. The van der Waals surface area contributed by atoms with E-state index in [1.165, 1.54) is 13.2 Å². The zero-order valence-corrected chi connectivity index (χ0v) is 16.8. The van der Waals surface area contributed by atoms with Crippen molar-refractivity contribution in [2.45, 2.75) is 37.8 Å². The lowest BCUT2D eigenvalue weighted by atomic mass is 10.00. The van der Waals surface area contributed by atoms with Crippen LogP contribution in [0.3, 0.4) is 0 Å². The maximum Gasteiger partial charge on any atom is 0.338 e. The first-order valence-corrected chi connectivity index (χ1v) is 9.79. The molecule has 7 nitrogen and oxygen atoms in total. The first kappa shape index (κ1) is 21.2. The van der Waals surface area contributed by atoms with Gasteiger partial charge in [0.25, 0.3) is 5.91 Å². The van der Waals surface area contributed by atoms with Crippen molar-refractivity contribution in [1.29, 1.82) is 5.26 Å². The third kappa shape index (κ3) is 5.29. The minimum absolute atomic E-state index is 0.238. The smallest absolute Gasteiger partial charge is 0.338 e. The van der Waals surface area contributed by atoms with E-state index >= 15 is 0 Å². The summed E-state index contributed by atoms with van der Waals surface area (Å²) < 4.78 is 16.2. The Bertz CT molecular complexity index is 930. The van der Waals surface area contributed by atoms with Crippen LogP contribution in [0.2, 0.25) is 0 Å². The van der Waals surface area contributed by atoms with Gasteiger partial charge in [0.2, 0.25) is 0 Å². The molecule has 0 aliphatic heterocycles. The van der Waals surface area contributed by atoms with Gasteiger partial charge in [-0.25, -0.2) is 4.79 Å². The van der Waals surface area contributed by atoms with Gasteiger partial charge in [0.05, 0.1) is 18.7 Å². The van der Waals surface area contributed by atoms with Crippen molar-refractivity contribution >= 4 is 11.9 Å². The van der Waals surface area contributed by atoms with Crippen molar-refractivity contribution in [3.05, 3.63) is 59.7 Å². The Morgan fingerprint density at radius 3 is 2.50 bits per heavy atom. The molecule has 1 N–H and O–H groups in total. The Balaban J connectivity index is 1.56. The van der Waals surface area contributed by atoms with Crippen molar-refractivity contribution in [2.75, 3.05) is 13.7 Å². The number of nitrogens with zero attached hydrogens (tertiary/aromatic N) is 1. The summed E-state index contributed by atoms with van der Waals surface area (Å²) in [6, 6.07) is 16.5. The van der Waals surface area contributed by atoms with E-state index in [9.17, 15) is 14.9 Å². The predicted molar refractivity (Wildman–Crippen MR) is 109 cm³/mol. The minimum atomic E-state index is -0.843. The van der Waals surface area contributed by atoms with E-state index in [2.05, 4.69) is 11.4 Å². The van der Waals surface area contributed by atoms with Crippen molar-refractivity contribution in [1.82, 2.24) is 5.32 Å². The zero-order chi connectivity index (χ0) is 21.4. The number of hydrogen-bond acceptors (Lipinski definition) is 6. The summed E-state index contributed by atoms with van der Waals surface area (Å²) in [7, 11) is 1.48. The third-order valence-electron chi connectivity index (χ3n) is 5.02. The van der Waals surface area contributed by atoms with E-state index < -0.39 is 24.0 Å². The maximum atomic E-state index is 12.3. The molecular weight excluding hydrogens is 384 g/mol. The quantitative estimate of drug-likeness (QED) is 0.673. The maximum absolute atomic E-state index is 12.3. The second kappa shape index (κ2) is 9.79. The zero-order valence-electron chi connectivity index (χ0n) is 16.8. The van der Waals surface area contributed by atoms with Crippen molar-refractivity contribution < 1.29 is 23.8 Å².